The summed E-state index contributed by atoms with van der Waals surface area (Å²) in [5, 5.41) is 0.791. The van der Waals surface area contributed by atoms with Crippen LogP contribution >= 0.6 is 11.5 Å². The van der Waals surface area contributed by atoms with Crippen molar-refractivity contribution in [2.75, 3.05) is 0 Å². The third kappa shape index (κ3) is 1.72. The molecule has 0 aromatic carbocycles. The minimum Gasteiger partial charge on any atom is -0.306 e. The zero-order chi connectivity index (χ0) is 11.8. The number of rotatable bonds is 2. The van der Waals surface area contributed by atoms with Crippen LogP contribution in [0.5, 0.6) is 0 Å². The van der Waals surface area contributed by atoms with E-state index in [0.29, 0.717) is 5.56 Å². The Balaban J connectivity index is 2.16. The highest BCUT2D eigenvalue weighted by Gasteiger charge is 2.08. The topological polar surface area (TPSA) is 60.2 Å². The molecule has 3 aromatic rings. The van der Waals surface area contributed by atoms with Crippen LogP contribution in [0.3, 0.4) is 0 Å². The number of imidazole rings is 1. The zero-order valence-electron chi connectivity index (χ0n) is 8.99. The molecule has 0 unspecified atom stereocenters. The van der Waals surface area contributed by atoms with Crippen LogP contribution in [-0.2, 0) is 0 Å². The molecule has 0 fully saturated rings. The second-order valence-electron chi connectivity index (χ2n) is 3.62. The van der Waals surface area contributed by atoms with Crippen molar-refractivity contribution in [2.24, 2.45) is 0 Å². The smallest absolute Gasteiger partial charge is 0.163 e. The average Bonchev–Trinajstić information content (AvgIpc) is 2.93. The summed E-state index contributed by atoms with van der Waals surface area (Å²) >= 11 is 1.32. The maximum Gasteiger partial charge on any atom is 0.163 e. The Morgan fingerprint density at radius 1 is 1.29 bits per heavy atom. The molecule has 0 saturated heterocycles. The van der Waals surface area contributed by atoms with E-state index in [4.69, 9.17) is 0 Å². The second kappa shape index (κ2) is 3.74. The number of carbonyl (C=O) groups is 1. The fraction of sp³-hybridized carbons (Fsp3) is 0.0909. The third-order valence-corrected chi connectivity index (χ3v) is 3.19. The van der Waals surface area contributed by atoms with E-state index in [-0.39, 0.29) is 0 Å². The van der Waals surface area contributed by atoms with Crippen molar-refractivity contribution in [1.82, 2.24) is 18.7 Å². The second-order valence-corrected chi connectivity index (χ2v) is 4.37. The molecular formula is C11H8N4OS. The predicted octanol–water partition coefficient (Wildman–Crippen LogP) is 1.97. The summed E-state index contributed by atoms with van der Waals surface area (Å²) in [4.78, 5) is 19.4. The lowest BCUT2D eigenvalue weighted by Gasteiger charge is -1.92. The van der Waals surface area contributed by atoms with Gasteiger partial charge in [-0.25, -0.2) is 9.97 Å². The average molecular weight is 244 g/mol. The molecule has 0 aliphatic heterocycles. The van der Waals surface area contributed by atoms with Crippen molar-refractivity contribution in [3.8, 4) is 10.7 Å². The fourth-order valence-electron chi connectivity index (χ4n) is 1.58. The summed E-state index contributed by atoms with van der Waals surface area (Å²) in [7, 11) is 0. The third-order valence-electron chi connectivity index (χ3n) is 2.36. The summed E-state index contributed by atoms with van der Waals surface area (Å²) in [6, 6.07) is 3.55. The zero-order valence-corrected chi connectivity index (χ0v) is 9.81. The number of carbonyl (C=O) groups excluding carboxylic acids is 1. The maximum absolute atomic E-state index is 10.7. The summed E-state index contributed by atoms with van der Waals surface area (Å²) in [5.74, 6) is 0.746. The number of pyridine rings is 1. The molecule has 0 N–H and O–H groups in total. The molecule has 0 aliphatic rings. The molecule has 0 atom stereocenters. The summed E-state index contributed by atoms with van der Waals surface area (Å²) < 4.78 is 5.94. The van der Waals surface area contributed by atoms with Gasteiger partial charge in [0.15, 0.2) is 11.3 Å². The van der Waals surface area contributed by atoms with Gasteiger partial charge in [0.25, 0.3) is 0 Å². The molecule has 0 saturated carbocycles. The van der Waals surface area contributed by atoms with Crippen LogP contribution in [0.1, 0.15) is 16.2 Å². The lowest BCUT2D eigenvalue weighted by atomic mass is 10.3. The highest BCUT2D eigenvalue weighted by molar-refractivity contribution is 7.09. The fourth-order valence-corrected chi connectivity index (χ4v) is 2.21. The van der Waals surface area contributed by atoms with E-state index >= 15 is 0 Å². The van der Waals surface area contributed by atoms with Crippen molar-refractivity contribution < 1.29 is 4.79 Å². The van der Waals surface area contributed by atoms with Gasteiger partial charge in [-0.15, -0.1) is 0 Å². The molecule has 0 bridgehead atoms. The number of aldehydes is 1. The highest BCUT2D eigenvalue weighted by atomic mass is 32.1. The Morgan fingerprint density at radius 2 is 2.18 bits per heavy atom. The minimum atomic E-state index is 0.620. The Morgan fingerprint density at radius 3 is 2.88 bits per heavy atom. The van der Waals surface area contributed by atoms with Crippen LogP contribution in [0.25, 0.3) is 16.3 Å². The monoisotopic (exact) mass is 244 g/mol. The molecule has 0 radical (unpaired) electrons. The first-order valence-electron chi connectivity index (χ1n) is 5.01. The molecule has 17 heavy (non-hydrogen) atoms. The van der Waals surface area contributed by atoms with E-state index in [1.807, 2.05) is 17.5 Å². The number of aryl methyl sites for hydroxylation is 1. The van der Waals surface area contributed by atoms with E-state index in [0.717, 1.165) is 28.5 Å². The van der Waals surface area contributed by atoms with E-state index in [9.17, 15) is 4.79 Å². The molecule has 0 amide bonds. The van der Waals surface area contributed by atoms with Gasteiger partial charge in [0.2, 0.25) is 0 Å². The lowest BCUT2D eigenvalue weighted by Crippen LogP contribution is -1.86. The normalized spacial score (nSPS) is 10.9. The minimum absolute atomic E-state index is 0.620. The van der Waals surface area contributed by atoms with Gasteiger partial charge in [0.1, 0.15) is 17.2 Å². The first-order chi connectivity index (χ1) is 8.26. The molecule has 3 rings (SSSR count). The van der Waals surface area contributed by atoms with Crippen molar-refractivity contribution >= 4 is 23.5 Å². The number of hydrogen-bond acceptors (Lipinski definition) is 5. The van der Waals surface area contributed by atoms with E-state index < -0.39 is 0 Å². The first kappa shape index (κ1) is 10.1. The van der Waals surface area contributed by atoms with Crippen LogP contribution in [0.4, 0.5) is 0 Å². The first-order valence-corrected chi connectivity index (χ1v) is 5.78. The largest absolute Gasteiger partial charge is 0.306 e. The van der Waals surface area contributed by atoms with Crippen LogP contribution in [0.15, 0.2) is 24.5 Å². The van der Waals surface area contributed by atoms with E-state index in [1.165, 1.54) is 11.5 Å². The van der Waals surface area contributed by atoms with E-state index in [2.05, 4.69) is 14.3 Å². The summed E-state index contributed by atoms with van der Waals surface area (Å²) in [6.45, 7) is 1.85. The van der Waals surface area contributed by atoms with Gasteiger partial charge in [0, 0.05) is 18.0 Å². The summed E-state index contributed by atoms with van der Waals surface area (Å²) in [6.07, 6.45) is 4.41. The van der Waals surface area contributed by atoms with Crippen molar-refractivity contribution in [3.05, 3.63) is 35.9 Å². The van der Waals surface area contributed by atoms with Crippen molar-refractivity contribution in [2.45, 2.75) is 6.92 Å². The van der Waals surface area contributed by atoms with Crippen LogP contribution in [0.2, 0.25) is 0 Å². The number of fused-ring (bicyclic) bond motifs is 1. The van der Waals surface area contributed by atoms with Gasteiger partial charge in [-0.1, -0.05) is 0 Å². The van der Waals surface area contributed by atoms with Gasteiger partial charge < -0.3 is 4.40 Å². The van der Waals surface area contributed by atoms with Gasteiger partial charge in [-0.3, -0.25) is 4.79 Å². The van der Waals surface area contributed by atoms with Gasteiger partial charge in [-0.2, -0.15) is 4.37 Å². The standard InChI is InChI=1S/C11H8N4OS/c1-7-12-11(17-14-7)9-5-15-4-8(6-16)2-3-10(15)13-9/h2-6H,1H3. The molecule has 6 heteroatoms. The van der Waals surface area contributed by atoms with Crippen LogP contribution in [-0.4, -0.2) is 25.0 Å². The molecule has 84 valence electrons. The maximum atomic E-state index is 10.7. The van der Waals surface area contributed by atoms with Gasteiger partial charge in [-0.05, 0) is 30.6 Å². The van der Waals surface area contributed by atoms with Gasteiger partial charge >= 0.3 is 0 Å². The predicted molar refractivity (Wildman–Crippen MR) is 64.2 cm³/mol. The van der Waals surface area contributed by atoms with Crippen molar-refractivity contribution in [3.63, 3.8) is 0 Å². The Hall–Kier alpha value is -2.08. The quantitative estimate of drug-likeness (QED) is 0.647. The number of aromatic nitrogens is 4. The molecule has 5 nitrogen and oxygen atoms in total. The number of hydrogen-bond donors (Lipinski definition) is 0. The molecule has 3 heterocycles. The Kier molecular flexibility index (Phi) is 2.22. The summed E-state index contributed by atoms with van der Waals surface area (Å²) in [5.41, 5.74) is 2.19. The highest BCUT2D eigenvalue weighted by Crippen LogP contribution is 2.20. The SMILES string of the molecule is Cc1nsc(-c2cn3cc(C=O)ccc3n2)n1. The van der Waals surface area contributed by atoms with Crippen molar-refractivity contribution in [1.29, 1.82) is 0 Å². The Labute approximate surface area is 101 Å². The van der Waals surface area contributed by atoms with Crippen LogP contribution in [0, 0.1) is 6.92 Å². The van der Waals surface area contributed by atoms with Crippen LogP contribution < -0.4 is 0 Å². The Bertz CT molecular complexity index is 700. The van der Waals surface area contributed by atoms with Gasteiger partial charge in [0.05, 0.1) is 0 Å². The molecule has 0 spiro atoms. The molecule has 0 aliphatic carbocycles. The van der Waals surface area contributed by atoms with E-state index in [1.54, 1.807) is 18.3 Å². The molecule has 3 aromatic heterocycles. The lowest BCUT2D eigenvalue weighted by molar-refractivity contribution is 0.112. The number of nitrogens with zero attached hydrogens (tertiary/aromatic N) is 4. The molecular weight excluding hydrogens is 236 g/mol.